The van der Waals surface area contributed by atoms with Gasteiger partial charge in [0.1, 0.15) is 0 Å². The first-order valence-corrected chi connectivity index (χ1v) is 16.8. The molecule has 0 saturated carbocycles. The van der Waals surface area contributed by atoms with Gasteiger partial charge in [-0.25, -0.2) is 0 Å². The van der Waals surface area contributed by atoms with Gasteiger partial charge < -0.3 is 23.2 Å². The van der Waals surface area contributed by atoms with E-state index in [1.807, 2.05) is 41.5 Å². The molecule has 7 nitrogen and oxygen atoms in total. The number of anilines is 1. The molecule has 0 fully saturated rings. The van der Waals surface area contributed by atoms with Gasteiger partial charge in [0.15, 0.2) is 5.16 Å². The highest BCUT2D eigenvalue weighted by Crippen LogP contribution is 2.26. The molecule has 35 heavy (non-hydrogen) atoms. The number of H-pyrrole nitrogens is 1. The number of hydrogen-bond acceptors (Lipinski definition) is 8. The standard InChI is InChI=1S/C25H50N4O3S2Si/c1-9-11-13-16-29(17-14-12-10-2)23-26-24(33)28-25(27-23)34-18-15-19-35(30-20(3)4,31-21(5)6)32-22(7)8/h20-22H,9-19H2,1-8H3,(H,26,27,28,33). The molecule has 1 aromatic rings. The van der Waals surface area contributed by atoms with Gasteiger partial charge in [-0.3, -0.25) is 0 Å². The quantitative estimate of drug-likeness (QED) is 0.0784. The van der Waals surface area contributed by atoms with Crippen LogP contribution < -0.4 is 4.90 Å². The molecule has 0 spiro atoms. The Morgan fingerprint density at radius 3 is 1.80 bits per heavy atom. The van der Waals surface area contributed by atoms with Gasteiger partial charge in [-0.05, 0) is 73.0 Å². The molecule has 0 unspecified atom stereocenters. The molecular formula is C25H50N4O3S2Si. The second kappa shape index (κ2) is 17.8. The first kappa shape index (κ1) is 32.5. The average Bonchev–Trinajstić information content (AvgIpc) is 2.74. The molecule has 0 atom stereocenters. The molecule has 1 N–H and O–H groups in total. The third-order valence-electron chi connectivity index (χ3n) is 5.08. The van der Waals surface area contributed by atoms with Crippen LogP contribution in [0.2, 0.25) is 6.04 Å². The monoisotopic (exact) mass is 546 g/mol. The molecular weight excluding hydrogens is 497 g/mol. The molecule has 0 bridgehead atoms. The van der Waals surface area contributed by atoms with E-state index in [-0.39, 0.29) is 18.3 Å². The third-order valence-corrected chi connectivity index (χ3v) is 9.67. The summed E-state index contributed by atoms with van der Waals surface area (Å²) in [5.41, 5.74) is 0. The van der Waals surface area contributed by atoms with Crippen LogP contribution in [0.15, 0.2) is 5.16 Å². The number of nitrogens with zero attached hydrogens (tertiary/aromatic N) is 3. The lowest BCUT2D eigenvalue weighted by Crippen LogP contribution is -2.50. The van der Waals surface area contributed by atoms with Crippen molar-refractivity contribution < 1.29 is 13.3 Å². The van der Waals surface area contributed by atoms with Crippen molar-refractivity contribution in [2.75, 3.05) is 23.7 Å². The van der Waals surface area contributed by atoms with E-state index in [2.05, 4.69) is 28.7 Å². The summed E-state index contributed by atoms with van der Waals surface area (Å²) in [6.07, 6.45) is 8.21. The number of aromatic amines is 1. The summed E-state index contributed by atoms with van der Waals surface area (Å²) in [6.45, 7) is 18.7. The third kappa shape index (κ3) is 14.1. The number of unbranched alkanes of at least 4 members (excludes halogenated alkanes) is 4. The first-order valence-electron chi connectivity index (χ1n) is 13.5. The number of aromatic nitrogens is 3. The van der Waals surface area contributed by atoms with E-state index in [0.29, 0.717) is 4.77 Å². The molecule has 0 amide bonds. The van der Waals surface area contributed by atoms with Crippen molar-refractivity contribution in [3.8, 4) is 0 Å². The number of nitrogens with one attached hydrogen (secondary N) is 1. The predicted octanol–water partition coefficient (Wildman–Crippen LogP) is 7.42. The number of rotatable bonds is 20. The largest absolute Gasteiger partial charge is 0.501 e. The Labute approximate surface area is 224 Å². The topological polar surface area (TPSA) is 72.5 Å². The van der Waals surface area contributed by atoms with E-state index in [1.54, 1.807) is 11.8 Å². The van der Waals surface area contributed by atoms with Crippen LogP contribution in [0.25, 0.3) is 0 Å². The minimum atomic E-state index is -2.79. The second-order valence-corrected chi connectivity index (χ2v) is 13.8. The Morgan fingerprint density at radius 1 is 0.829 bits per heavy atom. The van der Waals surface area contributed by atoms with Crippen molar-refractivity contribution in [3.05, 3.63) is 4.77 Å². The molecule has 0 aliphatic carbocycles. The van der Waals surface area contributed by atoms with Crippen LogP contribution in [0.4, 0.5) is 5.95 Å². The van der Waals surface area contributed by atoms with Gasteiger partial charge >= 0.3 is 8.80 Å². The summed E-state index contributed by atoms with van der Waals surface area (Å²) >= 11 is 7.10. The zero-order valence-electron chi connectivity index (χ0n) is 23.4. The molecule has 204 valence electrons. The molecule has 0 saturated heterocycles. The lowest BCUT2D eigenvalue weighted by molar-refractivity contribution is 0.00318. The van der Waals surface area contributed by atoms with Gasteiger partial charge in [0.2, 0.25) is 10.7 Å². The van der Waals surface area contributed by atoms with Gasteiger partial charge in [-0.1, -0.05) is 51.3 Å². The Kier molecular flexibility index (Phi) is 16.6. The zero-order chi connectivity index (χ0) is 26.3. The minimum Gasteiger partial charge on any atom is -0.371 e. The molecule has 1 heterocycles. The molecule has 0 aromatic carbocycles. The normalized spacial score (nSPS) is 12.3. The summed E-state index contributed by atoms with van der Waals surface area (Å²) in [7, 11) is -2.79. The summed E-state index contributed by atoms with van der Waals surface area (Å²) in [5.74, 6) is 1.70. The predicted molar refractivity (Wildman–Crippen MR) is 153 cm³/mol. The van der Waals surface area contributed by atoms with E-state index in [1.165, 1.54) is 25.7 Å². The van der Waals surface area contributed by atoms with Crippen LogP contribution >= 0.6 is 24.0 Å². The summed E-state index contributed by atoms with van der Waals surface area (Å²) in [5, 5.41) is 0.728. The fourth-order valence-electron chi connectivity index (χ4n) is 3.79. The Balaban J connectivity index is 2.87. The van der Waals surface area contributed by atoms with E-state index < -0.39 is 8.80 Å². The number of thioether (sulfide) groups is 1. The van der Waals surface area contributed by atoms with E-state index >= 15 is 0 Å². The zero-order valence-corrected chi connectivity index (χ0v) is 26.0. The highest BCUT2D eigenvalue weighted by Gasteiger charge is 2.43. The van der Waals surface area contributed by atoms with Crippen molar-refractivity contribution >= 4 is 38.7 Å². The molecule has 10 heteroatoms. The van der Waals surface area contributed by atoms with E-state index in [9.17, 15) is 0 Å². The maximum atomic E-state index is 6.30. The maximum Gasteiger partial charge on any atom is 0.501 e. The van der Waals surface area contributed by atoms with E-state index in [0.717, 1.165) is 55.3 Å². The fourth-order valence-corrected chi connectivity index (χ4v) is 8.34. The van der Waals surface area contributed by atoms with Gasteiger partial charge in [0, 0.05) is 43.2 Å². The van der Waals surface area contributed by atoms with Crippen LogP contribution in [0, 0.1) is 4.77 Å². The lowest BCUT2D eigenvalue weighted by Gasteiger charge is -2.34. The molecule has 0 aliphatic heterocycles. The van der Waals surface area contributed by atoms with Crippen molar-refractivity contribution in [1.29, 1.82) is 0 Å². The van der Waals surface area contributed by atoms with Crippen LogP contribution in [-0.2, 0) is 13.3 Å². The van der Waals surface area contributed by atoms with Crippen LogP contribution in [-0.4, -0.2) is 60.9 Å². The molecule has 0 aliphatic rings. The minimum absolute atomic E-state index is 0.0524. The highest BCUT2D eigenvalue weighted by molar-refractivity contribution is 7.99. The van der Waals surface area contributed by atoms with Crippen molar-refractivity contribution in [1.82, 2.24) is 15.0 Å². The van der Waals surface area contributed by atoms with Crippen molar-refractivity contribution in [2.24, 2.45) is 0 Å². The highest BCUT2D eigenvalue weighted by atomic mass is 32.2. The Morgan fingerprint density at radius 2 is 1.34 bits per heavy atom. The second-order valence-electron chi connectivity index (χ2n) is 9.80. The SMILES string of the molecule is CCCCCN(CCCCC)c1nc(SCCC[Si](OC(C)C)(OC(C)C)OC(C)C)nc(=S)[nH]1. The number of hydrogen-bond donors (Lipinski definition) is 1. The van der Waals surface area contributed by atoms with Crippen molar-refractivity contribution in [3.63, 3.8) is 0 Å². The van der Waals surface area contributed by atoms with Gasteiger partial charge in [-0.15, -0.1) is 0 Å². The molecule has 1 aromatic heterocycles. The lowest BCUT2D eigenvalue weighted by atomic mass is 10.2. The van der Waals surface area contributed by atoms with Crippen LogP contribution in [0.5, 0.6) is 0 Å². The summed E-state index contributed by atoms with van der Waals surface area (Å²) in [6, 6.07) is 0.765. The molecule has 1 rings (SSSR count). The average molecular weight is 547 g/mol. The summed E-state index contributed by atoms with van der Waals surface area (Å²) < 4.78 is 19.4. The summed E-state index contributed by atoms with van der Waals surface area (Å²) in [4.78, 5) is 14.9. The smallest absolute Gasteiger partial charge is 0.371 e. The van der Waals surface area contributed by atoms with Crippen LogP contribution in [0.3, 0.4) is 0 Å². The first-order chi connectivity index (χ1) is 16.6. The van der Waals surface area contributed by atoms with Gasteiger partial charge in [-0.2, -0.15) is 9.97 Å². The Bertz CT molecular complexity index is 713. The van der Waals surface area contributed by atoms with E-state index in [4.69, 9.17) is 30.5 Å². The van der Waals surface area contributed by atoms with Crippen LogP contribution in [0.1, 0.15) is 100 Å². The molecule has 0 radical (unpaired) electrons. The van der Waals surface area contributed by atoms with Gasteiger partial charge in [0.25, 0.3) is 0 Å². The Hall–Kier alpha value is -0.523. The van der Waals surface area contributed by atoms with Crippen molar-refractivity contribution in [2.45, 2.75) is 130 Å². The maximum absolute atomic E-state index is 6.30. The van der Waals surface area contributed by atoms with Gasteiger partial charge in [0.05, 0.1) is 0 Å². The fraction of sp³-hybridized carbons (Fsp3) is 0.880.